The predicted molar refractivity (Wildman–Crippen MR) is 47.4 cm³/mol. The van der Waals surface area contributed by atoms with E-state index in [0.29, 0.717) is 13.2 Å². The first-order chi connectivity index (χ1) is 6.09. The van der Waals surface area contributed by atoms with Gasteiger partial charge in [-0.1, -0.05) is 0 Å². The molecule has 0 aromatic carbocycles. The summed E-state index contributed by atoms with van der Waals surface area (Å²) < 4.78 is 16.0. The monoisotopic (exact) mass is 190 g/mol. The van der Waals surface area contributed by atoms with Gasteiger partial charge in [-0.3, -0.25) is 0 Å². The lowest BCUT2D eigenvalue weighted by Gasteiger charge is -2.37. The Balaban J connectivity index is 2.39. The van der Waals surface area contributed by atoms with Gasteiger partial charge in [-0.05, 0) is 13.8 Å². The van der Waals surface area contributed by atoms with Gasteiger partial charge in [0.25, 0.3) is 0 Å². The molecule has 4 heteroatoms. The summed E-state index contributed by atoms with van der Waals surface area (Å²) in [6, 6.07) is 0. The lowest BCUT2D eigenvalue weighted by Crippen LogP contribution is -2.45. The number of hydrogen-bond acceptors (Lipinski definition) is 4. The van der Waals surface area contributed by atoms with Crippen LogP contribution < -0.4 is 0 Å². The summed E-state index contributed by atoms with van der Waals surface area (Å²) in [5.41, 5.74) is 0. The van der Waals surface area contributed by atoms with Crippen LogP contribution >= 0.6 is 0 Å². The third-order valence-corrected chi connectivity index (χ3v) is 2.30. The number of ether oxygens (including phenoxy) is 3. The highest BCUT2D eigenvalue weighted by molar-refractivity contribution is 4.74. The molecule has 1 aliphatic rings. The van der Waals surface area contributed by atoms with Crippen LogP contribution in [-0.4, -0.2) is 43.9 Å². The molecule has 1 heterocycles. The van der Waals surface area contributed by atoms with Crippen molar-refractivity contribution in [3.05, 3.63) is 0 Å². The first kappa shape index (κ1) is 10.9. The van der Waals surface area contributed by atoms with Crippen molar-refractivity contribution in [3.8, 4) is 0 Å². The van der Waals surface area contributed by atoms with Crippen molar-refractivity contribution in [2.45, 2.75) is 25.7 Å². The van der Waals surface area contributed by atoms with E-state index in [0.717, 1.165) is 0 Å². The largest absolute Gasteiger partial charge is 0.394 e. The molecule has 1 N–H and O–H groups in total. The van der Waals surface area contributed by atoms with E-state index in [-0.39, 0.29) is 18.6 Å². The summed E-state index contributed by atoms with van der Waals surface area (Å²) >= 11 is 0. The minimum absolute atomic E-state index is 0.00825. The normalized spacial score (nSPS) is 25.8. The maximum absolute atomic E-state index is 8.97. The molecule has 78 valence electrons. The summed E-state index contributed by atoms with van der Waals surface area (Å²) in [6.07, 6.45) is -0.184. The SMILES string of the molecule is COC(CO)C1COC(C)(C)OC1. The number of hydrogen-bond donors (Lipinski definition) is 1. The molecule has 1 fully saturated rings. The topological polar surface area (TPSA) is 47.9 Å². The number of aliphatic hydroxyl groups excluding tert-OH is 1. The van der Waals surface area contributed by atoms with Crippen molar-refractivity contribution in [2.75, 3.05) is 26.9 Å². The van der Waals surface area contributed by atoms with E-state index in [1.807, 2.05) is 13.8 Å². The van der Waals surface area contributed by atoms with Crippen LogP contribution in [0.4, 0.5) is 0 Å². The number of methoxy groups -OCH3 is 1. The number of rotatable bonds is 3. The van der Waals surface area contributed by atoms with Crippen LogP contribution in [-0.2, 0) is 14.2 Å². The second-order valence-electron chi connectivity index (χ2n) is 3.74. The fraction of sp³-hybridized carbons (Fsp3) is 1.00. The molecule has 0 bridgehead atoms. The molecule has 4 nitrogen and oxygen atoms in total. The zero-order chi connectivity index (χ0) is 9.90. The average molecular weight is 190 g/mol. The third kappa shape index (κ3) is 2.91. The average Bonchev–Trinajstić information content (AvgIpc) is 2.09. The van der Waals surface area contributed by atoms with Crippen molar-refractivity contribution in [1.82, 2.24) is 0 Å². The molecule has 0 aromatic rings. The fourth-order valence-corrected chi connectivity index (χ4v) is 1.34. The van der Waals surface area contributed by atoms with Gasteiger partial charge in [0, 0.05) is 13.0 Å². The van der Waals surface area contributed by atoms with Crippen molar-refractivity contribution >= 4 is 0 Å². The Labute approximate surface area is 78.8 Å². The van der Waals surface area contributed by atoms with Gasteiger partial charge in [0.05, 0.1) is 25.9 Å². The van der Waals surface area contributed by atoms with E-state index in [1.54, 1.807) is 7.11 Å². The van der Waals surface area contributed by atoms with E-state index in [4.69, 9.17) is 19.3 Å². The van der Waals surface area contributed by atoms with Crippen LogP contribution in [0.3, 0.4) is 0 Å². The first-order valence-corrected chi connectivity index (χ1v) is 4.50. The first-order valence-electron chi connectivity index (χ1n) is 4.50. The maximum Gasteiger partial charge on any atom is 0.162 e. The summed E-state index contributed by atoms with van der Waals surface area (Å²) in [6.45, 7) is 4.92. The van der Waals surface area contributed by atoms with Gasteiger partial charge in [0.1, 0.15) is 0 Å². The highest BCUT2D eigenvalue weighted by Crippen LogP contribution is 2.23. The van der Waals surface area contributed by atoms with E-state index in [2.05, 4.69) is 0 Å². The summed E-state index contributed by atoms with van der Waals surface area (Å²) in [5.74, 6) is -0.368. The second kappa shape index (κ2) is 4.37. The van der Waals surface area contributed by atoms with E-state index < -0.39 is 5.79 Å². The minimum Gasteiger partial charge on any atom is -0.394 e. The molecule has 1 saturated heterocycles. The maximum atomic E-state index is 8.97. The molecular weight excluding hydrogens is 172 g/mol. The highest BCUT2D eigenvalue weighted by Gasteiger charge is 2.32. The van der Waals surface area contributed by atoms with Crippen LogP contribution in [0, 0.1) is 5.92 Å². The molecule has 0 aliphatic carbocycles. The lowest BCUT2D eigenvalue weighted by molar-refractivity contribution is -0.274. The van der Waals surface area contributed by atoms with Gasteiger partial charge in [-0.2, -0.15) is 0 Å². The molecular formula is C9H18O4. The minimum atomic E-state index is -0.496. The van der Waals surface area contributed by atoms with E-state index in [9.17, 15) is 0 Å². The van der Waals surface area contributed by atoms with Gasteiger partial charge in [0.2, 0.25) is 0 Å². The highest BCUT2D eigenvalue weighted by atomic mass is 16.7. The fourth-order valence-electron chi connectivity index (χ4n) is 1.34. The van der Waals surface area contributed by atoms with Crippen LogP contribution in [0.1, 0.15) is 13.8 Å². The molecule has 0 spiro atoms. The summed E-state index contributed by atoms with van der Waals surface area (Å²) in [5, 5.41) is 8.97. The van der Waals surface area contributed by atoms with Gasteiger partial charge < -0.3 is 19.3 Å². The Morgan fingerprint density at radius 3 is 2.38 bits per heavy atom. The Bertz CT molecular complexity index is 144. The standard InChI is InChI=1S/C9H18O4/c1-9(2)12-5-7(6-13-9)8(4-10)11-3/h7-8,10H,4-6H2,1-3H3. The Hall–Kier alpha value is -0.160. The summed E-state index contributed by atoms with van der Waals surface area (Å²) in [7, 11) is 1.58. The Morgan fingerprint density at radius 1 is 1.46 bits per heavy atom. The van der Waals surface area contributed by atoms with Crippen LogP contribution in [0.15, 0.2) is 0 Å². The quantitative estimate of drug-likeness (QED) is 0.699. The molecule has 0 radical (unpaired) electrons. The second-order valence-corrected chi connectivity index (χ2v) is 3.74. The molecule has 0 amide bonds. The molecule has 0 saturated carbocycles. The smallest absolute Gasteiger partial charge is 0.162 e. The van der Waals surface area contributed by atoms with E-state index in [1.165, 1.54) is 0 Å². The third-order valence-electron chi connectivity index (χ3n) is 2.30. The van der Waals surface area contributed by atoms with Gasteiger partial charge in [-0.15, -0.1) is 0 Å². The molecule has 1 atom stereocenters. The number of aliphatic hydroxyl groups is 1. The molecule has 1 rings (SSSR count). The van der Waals surface area contributed by atoms with E-state index >= 15 is 0 Å². The van der Waals surface area contributed by atoms with Gasteiger partial charge in [0.15, 0.2) is 5.79 Å². The van der Waals surface area contributed by atoms with Crippen molar-refractivity contribution in [3.63, 3.8) is 0 Å². The Kier molecular flexibility index (Phi) is 3.67. The van der Waals surface area contributed by atoms with Crippen LogP contribution in [0.5, 0.6) is 0 Å². The van der Waals surface area contributed by atoms with Crippen molar-refractivity contribution in [1.29, 1.82) is 0 Å². The Morgan fingerprint density at radius 2 is 2.00 bits per heavy atom. The molecule has 0 aromatic heterocycles. The predicted octanol–water partition coefficient (Wildman–Crippen LogP) is 0.393. The zero-order valence-corrected chi connectivity index (χ0v) is 8.45. The van der Waals surface area contributed by atoms with Crippen molar-refractivity contribution < 1.29 is 19.3 Å². The van der Waals surface area contributed by atoms with Crippen molar-refractivity contribution in [2.24, 2.45) is 5.92 Å². The molecule has 13 heavy (non-hydrogen) atoms. The van der Waals surface area contributed by atoms with Crippen LogP contribution in [0.25, 0.3) is 0 Å². The van der Waals surface area contributed by atoms with Crippen LogP contribution in [0.2, 0.25) is 0 Å². The zero-order valence-electron chi connectivity index (χ0n) is 8.45. The lowest BCUT2D eigenvalue weighted by atomic mass is 10.0. The molecule has 1 aliphatic heterocycles. The van der Waals surface area contributed by atoms with Gasteiger partial charge >= 0.3 is 0 Å². The summed E-state index contributed by atoms with van der Waals surface area (Å²) in [4.78, 5) is 0. The van der Waals surface area contributed by atoms with Gasteiger partial charge in [-0.25, -0.2) is 0 Å². The molecule has 1 unspecified atom stereocenters.